The lowest BCUT2D eigenvalue weighted by Crippen LogP contribution is -2.37. The highest BCUT2D eigenvalue weighted by atomic mass is 32.1. The molecule has 3 aliphatic carbocycles. The molecule has 4 fully saturated rings. The fourth-order valence-electron chi connectivity index (χ4n) is 4.10. The van der Waals surface area contributed by atoms with Gasteiger partial charge in [-0.05, 0) is 67.7 Å². The van der Waals surface area contributed by atoms with Crippen LogP contribution in [0.15, 0.2) is 17.5 Å². The topological polar surface area (TPSA) is 32.3 Å². The van der Waals surface area contributed by atoms with Crippen molar-refractivity contribution in [2.75, 3.05) is 6.54 Å². The second-order valence-electron chi connectivity index (χ2n) is 7.44. The van der Waals surface area contributed by atoms with E-state index in [-0.39, 0.29) is 11.7 Å². The summed E-state index contributed by atoms with van der Waals surface area (Å²) in [6, 6.07) is 4.27. The smallest absolute Gasteiger partial charge is 0.244 e. The van der Waals surface area contributed by atoms with E-state index in [0.717, 1.165) is 37.1 Å². The molecule has 1 saturated heterocycles. The predicted octanol–water partition coefficient (Wildman–Crippen LogP) is 3.15. The first-order valence-corrected chi connectivity index (χ1v) is 9.27. The van der Waals surface area contributed by atoms with Gasteiger partial charge < -0.3 is 4.90 Å². The van der Waals surface area contributed by atoms with E-state index in [9.17, 15) is 4.79 Å². The monoisotopic (exact) mass is 302 g/mol. The number of nitrogens with zero attached hydrogens (tertiary/aromatic N) is 1. The summed E-state index contributed by atoms with van der Waals surface area (Å²) in [5, 5.41) is 5.78. The highest BCUT2D eigenvalue weighted by molar-refractivity contribution is 7.10. The van der Waals surface area contributed by atoms with Crippen LogP contribution in [0, 0.1) is 17.8 Å². The van der Waals surface area contributed by atoms with Gasteiger partial charge in [-0.1, -0.05) is 6.07 Å². The first kappa shape index (κ1) is 12.7. The number of carbonyl (C=O) groups excluding carboxylic acids is 1. The zero-order chi connectivity index (χ0) is 14.0. The fourth-order valence-corrected chi connectivity index (χ4v) is 4.88. The van der Waals surface area contributed by atoms with Crippen LogP contribution < -0.4 is 5.32 Å². The molecule has 2 heterocycles. The molecule has 4 heteroatoms. The van der Waals surface area contributed by atoms with Crippen molar-refractivity contribution in [2.45, 2.75) is 50.2 Å². The number of hydrogen-bond donors (Lipinski definition) is 1. The third-order valence-electron chi connectivity index (χ3n) is 5.82. The maximum absolute atomic E-state index is 12.9. The first-order chi connectivity index (χ1) is 10.3. The van der Waals surface area contributed by atoms with Crippen molar-refractivity contribution in [1.82, 2.24) is 10.2 Å². The van der Waals surface area contributed by atoms with Crippen molar-refractivity contribution in [3.05, 3.63) is 22.4 Å². The second kappa shape index (κ2) is 4.32. The number of nitrogens with one attached hydrogen (secondary N) is 1. The molecule has 5 rings (SSSR count). The molecule has 4 aliphatic rings. The van der Waals surface area contributed by atoms with E-state index in [1.165, 1.54) is 30.6 Å². The highest BCUT2D eigenvalue weighted by Gasteiger charge is 2.60. The average molecular weight is 302 g/mol. The van der Waals surface area contributed by atoms with Gasteiger partial charge in [-0.3, -0.25) is 10.1 Å². The van der Waals surface area contributed by atoms with Gasteiger partial charge >= 0.3 is 0 Å². The Balaban J connectivity index is 1.42. The first-order valence-electron chi connectivity index (χ1n) is 8.39. The molecule has 1 amide bonds. The van der Waals surface area contributed by atoms with Crippen LogP contribution in [0.4, 0.5) is 0 Å². The van der Waals surface area contributed by atoms with Crippen molar-refractivity contribution in [1.29, 1.82) is 0 Å². The molecule has 1 N–H and O–H groups in total. The molecule has 1 spiro atoms. The largest absolute Gasteiger partial charge is 0.320 e. The van der Waals surface area contributed by atoms with Crippen molar-refractivity contribution in [3.63, 3.8) is 0 Å². The molecule has 1 aliphatic heterocycles. The van der Waals surface area contributed by atoms with Crippen LogP contribution in [0.3, 0.4) is 0 Å². The summed E-state index contributed by atoms with van der Waals surface area (Å²) < 4.78 is 0. The number of amides is 1. The van der Waals surface area contributed by atoms with Crippen LogP contribution in [0.5, 0.6) is 0 Å². The van der Waals surface area contributed by atoms with E-state index in [1.54, 1.807) is 11.3 Å². The highest BCUT2D eigenvalue weighted by Crippen LogP contribution is 2.52. The van der Waals surface area contributed by atoms with E-state index >= 15 is 0 Å². The molecular weight excluding hydrogens is 280 g/mol. The number of thiophene rings is 1. The third-order valence-corrected chi connectivity index (χ3v) is 6.74. The minimum atomic E-state index is -0.188. The summed E-state index contributed by atoms with van der Waals surface area (Å²) in [6.45, 7) is 0.992. The third kappa shape index (κ3) is 2.07. The molecule has 0 radical (unpaired) electrons. The molecule has 3 nitrogen and oxygen atoms in total. The number of rotatable bonds is 5. The summed E-state index contributed by atoms with van der Waals surface area (Å²) in [6.07, 6.45) is 7.78. The van der Waals surface area contributed by atoms with Gasteiger partial charge in [0, 0.05) is 11.4 Å². The summed E-state index contributed by atoms with van der Waals surface area (Å²) in [7, 11) is 0. The molecule has 21 heavy (non-hydrogen) atoms. The molecule has 1 atom stereocenters. The van der Waals surface area contributed by atoms with Crippen LogP contribution in [0.2, 0.25) is 0 Å². The maximum atomic E-state index is 12.9. The molecule has 0 bridgehead atoms. The normalized spacial score (nSPS) is 30.6. The lowest BCUT2D eigenvalue weighted by Gasteiger charge is -2.28. The Kier molecular flexibility index (Phi) is 2.61. The van der Waals surface area contributed by atoms with E-state index < -0.39 is 0 Å². The fraction of sp³-hybridized carbons (Fsp3) is 0.706. The summed E-state index contributed by atoms with van der Waals surface area (Å²) in [5.41, 5.74) is -0.188. The van der Waals surface area contributed by atoms with Gasteiger partial charge in [0.15, 0.2) is 0 Å². The molecule has 1 aromatic heterocycles. The Labute approximate surface area is 129 Å². The standard InChI is InChI=1S/C17H22N2OS/c20-16-17(7-8-17)18-15(14-2-1-9-21-14)19(16)10-13(11-3-4-11)12-5-6-12/h1-2,9,11-13,15,18H,3-8,10H2. The average Bonchev–Trinajstić information content (AvgIpc) is 3.35. The van der Waals surface area contributed by atoms with Gasteiger partial charge in [-0.25, -0.2) is 0 Å². The Bertz CT molecular complexity index is 545. The molecule has 1 unspecified atom stereocenters. The number of carbonyl (C=O) groups is 1. The van der Waals surface area contributed by atoms with Gasteiger partial charge in [-0.2, -0.15) is 0 Å². The zero-order valence-corrected chi connectivity index (χ0v) is 13.1. The summed E-state index contributed by atoms with van der Waals surface area (Å²) in [5.74, 6) is 2.97. The van der Waals surface area contributed by atoms with Crippen molar-refractivity contribution >= 4 is 17.2 Å². The zero-order valence-electron chi connectivity index (χ0n) is 12.3. The van der Waals surface area contributed by atoms with Crippen LogP contribution in [-0.2, 0) is 4.79 Å². The van der Waals surface area contributed by atoms with Crippen LogP contribution in [0.1, 0.15) is 49.6 Å². The van der Waals surface area contributed by atoms with Gasteiger partial charge in [0.25, 0.3) is 0 Å². The Hall–Kier alpha value is -0.870. The molecule has 3 saturated carbocycles. The van der Waals surface area contributed by atoms with Gasteiger partial charge in [0.05, 0.1) is 0 Å². The Morgan fingerprint density at radius 1 is 1.29 bits per heavy atom. The SMILES string of the molecule is O=C1N(CC(C2CC2)C2CC2)C(c2cccs2)NC12CC2. The van der Waals surface area contributed by atoms with E-state index in [2.05, 4.69) is 27.7 Å². The van der Waals surface area contributed by atoms with Crippen molar-refractivity contribution < 1.29 is 4.79 Å². The lowest BCUT2D eigenvalue weighted by atomic mass is 9.97. The minimum Gasteiger partial charge on any atom is -0.320 e. The Morgan fingerprint density at radius 2 is 2.00 bits per heavy atom. The maximum Gasteiger partial charge on any atom is 0.244 e. The van der Waals surface area contributed by atoms with Crippen LogP contribution in [-0.4, -0.2) is 22.9 Å². The lowest BCUT2D eigenvalue weighted by molar-refractivity contribution is -0.131. The van der Waals surface area contributed by atoms with Crippen molar-refractivity contribution in [3.8, 4) is 0 Å². The van der Waals surface area contributed by atoms with Crippen LogP contribution in [0.25, 0.3) is 0 Å². The molecule has 112 valence electrons. The van der Waals surface area contributed by atoms with Crippen molar-refractivity contribution in [2.24, 2.45) is 17.8 Å². The predicted molar refractivity (Wildman–Crippen MR) is 82.8 cm³/mol. The second-order valence-corrected chi connectivity index (χ2v) is 8.42. The summed E-state index contributed by atoms with van der Waals surface area (Å²) in [4.78, 5) is 16.4. The van der Waals surface area contributed by atoms with E-state index in [4.69, 9.17) is 0 Å². The minimum absolute atomic E-state index is 0.139. The quantitative estimate of drug-likeness (QED) is 0.906. The van der Waals surface area contributed by atoms with Gasteiger partial charge in [-0.15, -0.1) is 11.3 Å². The molecule has 1 aromatic rings. The van der Waals surface area contributed by atoms with E-state index in [0.29, 0.717) is 5.91 Å². The van der Waals surface area contributed by atoms with Crippen LogP contribution >= 0.6 is 11.3 Å². The molecule has 0 aromatic carbocycles. The van der Waals surface area contributed by atoms with Gasteiger partial charge in [0.2, 0.25) is 5.91 Å². The van der Waals surface area contributed by atoms with Gasteiger partial charge in [0.1, 0.15) is 11.7 Å². The van der Waals surface area contributed by atoms with E-state index in [1.807, 2.05) is 0 Å². The summed E-state index contributed by atoms with van der Waals surface area (Å²) >= 11 is 1.77. The Morgan fingerprint density at radius 3 is 2.52 bits per heavy atom. The molecular formula is C17H22N2OS. The number of hydrogen-bond acceptors (Lipinski definition) is 3.